The summed E-state index contributed by atoms with van der Waals surface area (Å²) < 4.78 is 33.5. The van der Waals surface area contributed by atoms with Gasteiger partial charge in [0.2, 0.25) is 11.8 Å². The van der Waals surface area contributed by atoms with Crippen LogP contribution in [-0.4, -0.2) is 72.8 Å². The van der Waals surface area contributed by atoms with Crippen molar-refractivity contribution in [3.8, 4) is 11.5 Å². The molecule has 0 unspecified atom stereocenters. The largest absolute Gasteiger partial charge is 0.514 e. The summed E-state index contributed by atoms with van der Waals surface area (Å²) >= 11 is 6.34. The molecular weight excluding hydrogens is 814 g/mol. The highest BCUT2D eigenvalue weighted by atomic mass is 35.5. The molecule has 6 atom stereocenters. The minimum Gasteiger partial charge on any atom is -0.495 e. The Balaban J connectivity index is 1.29. The smallest absolute Gasteiger partial charge is 0.495 e. The minimum absolute atomic E-state index is 0.0457. The number of nitrogens with zero attached hydrogens (tertiary/aromatic N) is 1. The highest BCUT2D eigenvalue weighted by Crippen LogP contribution is 2.45. The van der Waals surface area contributed by atoms with Crippen LogP contribution in [0.2, 0.25) is 5.02 Å². The molecule has 0 aliphatic carbocycles. The lowest BCUT2D eigenvalue weighted by molar-refractivity contribution is -0.384. The molecule has 0 spiro atoms. The zero-order chi connectivity index (χ0) is 44.4. The molecule has 2 aliphatic rings. The van der Waals surface area contributed by atoms with Crippen molar-refractivity contribution < 1.29 is 57.3 Å². The van der Waals surface area contributed by atoms with E-state index in [1.165, 1.54) is 37.5 Å². The Hall–Kier alpha value is -6.00. The summed E-state index contributed by atoms with van der Waals surface area (Å²) in [6.07, 6.45) is -0.574. The molecule has 0 aromatic heterocycles. The van der Waals surface area contributed by atoms with Gasteiger partial charge in [-0.3, -0.25) is 24.5 Å². The Bertz CT molecular complexity index is 2110. The van der Waals surface area contributed by atoms with Crippen molar-refractivity contribution in [1.29, 1.82) is 0 Å². The van der Waals surface area contributed by atoms with Crippen molar-refractivity contribution in [2.75, 3.05) is 13.7 Å². The highest BCUT2D eigenvalue weighted by molar-refractivity contribution is 6.32. The number of cyclic esters (lactones) is 2. The normalized spacial score (nSPS) is 23.0. The van der Waals surface area contributed by atoms with Gasteiger partial charge in [-0.25, -0.2) is 9.59 Å². The van der Waals surface area contributed by atoms with Crippen LogP contribution in [0, 0.1) is 27.4 Å². The number of halogens is 1. The average Bonchev–Trinajstić information content (AvgIpc) is 4.02. The number of hydrogen-bond acceptors (Lipinski definition) is 13. The quantitative estimate of drug-likeness (QED) is 0.0483. The Morgan fingerprint density at radius 3 is 2.31 bits per heavy atom. The van der Waals surface area contributed by atoms with Gasteiger partial charge in [0.25, 0.3) is 5.69 Å². The molecule has 0 radical (unpaired) electrons. The van der Waals surface area contributed by atoms with Crippen molar-refractivity contribution in [2.45, 2.75) is 90.9 Å². The Labute approximate surface area is 358 Å². The molecular formula is C44H50ClN3O13. The van der Waals surface area contributed by atoms with Crippen LogP contribution in [0.5, 0.6) is 11.5 Å². The van der Waals surface area contributed by atoms with Crippen molar-refractivity contribution >= 4 is 47.2 Å². The zero-order valence-electron chi connectivity index (χ0n) is 34.7. The van der Waals surface area contributed by atoms with Crippen LogP contribution in [-0.2, 0) is 51.2 Å². The van der Waals surface area contributed by atoms with Crippen LogP contribution in [0.4, 0.5) is 10.5 Å². The van der Waals surface area contributed by atoms with Gasteiger partial charge in [0.1, 0.15) is 36.4 Å². The van der Waals surface area contributed by atoms with Gasteiger partial charge in [-0.1, -0.05) is 68.8 Å². The fraction of sp³-hybridized carbons (Fsp3) is 0.432. The maximum atomic E-state index is 13.8. The van der Waals surface area contributed by atoms with Crippen LogP contribution in [0.1, 0.15) is 70.3 Å². The first kappa shape index (κ1) is 46.1. The van der Waals surface area contributed by atoms with Gasteiger partial charge in [-0.05, 0) is 73.2 Å². The topological polar surface area (TPSA) is 211 Å². The minimum atomic E-state index is -1.26. The Kier molecular flexibility index (Phi) is 15.5. The molecule has 1 fully saturated rings. The number of carbonyl (C=O) groups is 5. The standard InChI is InChI=1S/C44H50ClN3O13/c1-25(2)20-36-41(51)59-34(26(3)38-39(61-38)29-13-10-27(11-14-29)23-57-43(53)58-31-17-15-30(16-18-31)48(54)55)8-7-9-37(49)47-33(22-28-12-19-35(56-6)32(45)21-28)40(50)46-24-44(4,5)42(52)60-36/h7,9-19,21,25-26,33-34,36,38-39H,8,20,22-24H2,1-6H3,(H,46,50)(H,47,49)/b9-7+/t26-,33+,34-,36-,38+,39+/m0/s1. The number of benzene rings is 3. The lowest BCUT2D eigenvalue weighted by Crippen LogP contribution is -2.51. The fourth-order valence-corrected chi connectivity index (χ4v) is 6.81. The van der Waals surface area contributed by atoms with E-state index < -0.39 is 64.4 Å². The molecule has 0 bridgehead atoms. The molecule has 2 amide bonds. The van der Waals surface area contributed by atoms with Crippen LogP contribution in [0.15, 0.2) is 78.9 Å². The number of esters is 2. The van der Waals surface area contributed by atoms with Gasteiger partial charge in [0, 0.05) is 37.4 Å². The summed E-state index contributed by atoms with van der Waals surface area (Å²) in [6, 6.07) is 16.2. The number of carbonyl (C=O) groups excluding carboxylic acids is 5. The summed E-state index contributed by atoms with van der Waals surface area (Å²) in [5.74, 6) is -2.46. The summed E-state index contributed by atoms with van der Waals surface area (Å²) in [5, 5.41) is 16.7. The number of nitro benzene ring substituents is 1. The first-order valence-electron chi connectivity index (χ1n) is 19.8. The molecule has 0 saturated carbocycles. The van der Waals surface area contributed by atoms with Gasteiger partial charge in [0.15, 0.2) is 6.10 Å². The third kappa shape index (κ3) is 13.0. The number of amides is 2. The second kappa shape index (κ2) is 20.5. The first-order chi connectivity index (χ1) is 28.9. The summed E-state index contributed by atoms with van der Waals surface area (Å²) in [7, 11) is 1.49. The Morgan fingerprint density at radius 2 is 1.67 bits per heavy atom. The van der Waals surface area contributed by atoms with Gasteiger partial charge >= 0.3 is 18.1 Å². The van der Waals surface area contributed by atoms with E-state index in [1.807, 2.05) is 32.9 Å². The zero-order valence-corrected chi connectivity index (χ0v) is 35.5. The molecule has 5 rings (SSSR count). The van der Waals surface area contributed by atoms with Gasteiger partial charge in [0.05, 0.1) is 28.6 Å². The molecule has 1 saturated heterocycles. The molecule has 17 heteroatoms. The molecule has 2 N–H and O–H groups in total. The predicted molar refractivity (Wildman–Crippen MR) is 221 cm³/mol. The molecule has 61 heavy (non-hydrogen) atoms. The van der Waals surface area contributed by atoms with E-state index in [0.717, 1.165) is 5.56 Å². The van der Waals surface area contributed by atoms with E-state index >= 15 is 0 Å². The summed E-state index contributed by atoms with van der Waals surface area (Å²) in [4.78, 5) is 76.7. The number of epoxide rings is 1. The van der Waals surface area contributed by atoms with Gasteiger partial charge in [-0.15, -0.1) is 0 Å². The molecule has 16 nitrogen and oxygen atoms in total. The second-order valence-electron chi connectivity index (χ2n) is 16.0. The first-order valence-corrected chi connectivity index (χ1v) is 20.1. The van der Waals surface area contributed by atoms with Gasteiger partial charge < -0.3 is 39.1 Å². The third-order valence-electron chi connectivity index (χ3n) is 10.2. The van der Waals surface area contributed by atoms with Crippen LogP contribution < -0.4 is 20.1 Å². The monoisotopic (exact) mass is 863 g/mol. The molecule has 326 valence electrons. The van der Waals surface area contributed by atoms with Crippen molar-refractivity contribution in [2.24, 2.45) is 17.3 Å². The molecule has 2 aliphatic heterocycles. The van der Waals surface area contributed by atoms with Crippen LogP contribution >= 0.6 is 11.6 Å². The average molecular weight is 864 g/mol. The Morgan fingerprint density at radius 1 is 0.984 bits per heavy atom. The molecule has 3 aromatic rings. The molecule has 2 heterocycles. The van der Waals surface area contributed by atoms with E-state index in [9.17, 15) is 34.1 Å². The van der Waals surface area contributed by atoms with E-state index in [0.29, 0.717) is 21.9 Å². The van der Waals surface area contributed by atoms with E-state index in [1.54, 1.807) is 50.3 Å². The summed E-state index contributed by atoms with van der Waals surface area (Å²) in [5.41, 5.74) is 0.728. The SMILES string of the molecule is COc1ccc(C[C@H]2NC(=O)/C=C/C[C@@H]([C@H](C)[C@H]3O[C@@H]3c3ccc(COC(=O)Oc4ccc([N+](=O)[O-])cc4)cc3)OC(=O)[C@H](CC(C)C)OC(=O)C(C)(C)CNC2=O)cc1Cl. The third-order valence-corrected chi connectivity index (χ3v) is 10.5. The number of methoxy groups -OCH3 is 1. The van der Waals surface area contributed by atoms with E-state index in [4.69, 9.17) is 40.0 Å². The van der Waals surface area contributed by atoms with E-state index in [2.05, 4.69) is 10.6 Å². The maximum Gasteiger partial charge on any atom is 0.514 e. The van der Waals surface area contributed by atoms with Crippen molar-refractivity contribution in [3.05, 3.63) is 111 Å². The maximum absolute atomic E-state index is 13.8. The number of rotatable bonds is 12. The predicted octanol–water partition coefficient (Wildman–Crippen LogP) is 6.75. The summed E-state index contributed by atoms with van der Waals surface area (Å²) in [6.45, 7) is 8.56. The lowest BCUT2D eigenvalue weighted by atomic mass is 9.92. The fourth-order valence-electron chi connectivity index (χ4n) is 6.53. The lowest BCUT2D eigenvalue weighted by Gasteiger charge is -2.29. The molecule has 3 aromatic carbocycles. The van der Waals surface area contributed by atoms with E-state index in [-0.39, 0.29) is 62.0 Å². The highest BCUT2D eigenvalue weighted by Gasteiger charge is 2.48. The number of non-ortho nitro benzene ring substituents is 1. The second-order valence-corrected chi connectivity index (χ2v) is 16.4. The number of nitrogens with one attached hydrogen (secondary N) is 2. The van der Waals surface area contributed by atoms with Crippen LogP contribution in [0.3, 0.4) is 0 Å². The van der Waals surface area contributed by atoms with Crippen molar-refractivity contribution in [3.63, 3.8) is 0 Å². The van der Waals surface area contributed by atoms with Gasteiger partial charge in [-0.2, -0.15) is 0 Å². The van der Waals surface area contributed by atoms with Crippen molar-refractivity contribution in [1.82, 2.24) is 10.6 Å². The number of hydrogen-bond donors (Lipinski definition) is 2. The number of ether oxygens (including phenoxy) is 6. The van der Waals surface area contributed by atoms with Crippen LogP contribution in [0.25, 0.3) is 0 Å². The number of nitro groups is 1.